The molecule has 12 heteroatoms. The van der Waals surface area contributed by atoms with Crippen LogP contribution in [0.4, 0.5) is 0 Å². The van der Waals surface area contributed by atoms with Crippen molar-refractivity contribution in [3.05, 3.63) is 11.8 Å². The lowest BCUT2D eigenvalue weighted by Gasteiger charge is -2.28. The number of ether oxygens (including phenoxy) is 1. The highest BCUT2D eigenvalue weighted by Crippen LogP contribution is 2.25. The summed E-state index contributed by atoms with van der Waals surface area (Å²) in [4.78, 5) is 65.3. The van der Waals surface area contributed by atoms with E-state index < -0.39 is 53.8 Å². The Kier molecular flexibility index (Phi) is 12.1. The van der Waals surface area contributed by atoms with E-state index in [1.807, 2.05) is 0 Å². The second kappa shape index (κ2) is 14.5. The van der Waals surface area contributed by atoms with E-state index in [4.69, 9.17) is 4.74 Å². The summed E-state index contributed by atoms with van der Waals surface area (Å²) in [5.74, 6) is -2.24. The zero-order valence-corrected chi connectivity index (χ0v) is 23.2. The molecule has 2 bridgehead atoms. The van der Waals surface area contributed by atoms with Crippen molar-refractivity contribution in [2.24, 2.45) is 11.8 Å². The summed E-state index contributed by atoms with van der Waals surface area (Å²) < 4.78 is 5.74. The highest BCUT2D eigenvalue weighted by Gasteiger charge is 2.34. The molecule has 0 radical (unpaired) electrons. The van der Waals surface area contributed by atoms with E-state index in [-0.39, 0.29) is 29.7 Å². The van der Waals surface area contributed by atoms with Crippen LogP contribution in [0.5, 0.6) is 0 Å². The predicted molar refractivity (Wildman–Crippen MR) is 141 cm³/mol. The van der Waals surface area contributed by atoms with E-state index in [1.165, 1.54) is 16.9 Å². The maximum absolute atomic E-state index is 13.2. The molecule has 2 rings (SSSR count). The smallest absolute Gasteiger partial charge is 0.329 e. The lowest BCUT2D eigenvalue weighted by Crippen LogP contribution is -2.57. The molecule has 0 aromatic heterocycles. The molecular weight excluding hydrogens is 504 g/mol. The van der Waals surface area contributed by atoms with Crippen LogP contribution in [-0.4, -0.2) is 65.3 Å². The number of fused-ring (bicyclic) bond motifs is 7. The molecule has 2 aliphatic rings. The van der Waals surface area contributed by atoms with E-state index in [1.54, 1.807) is 45.4 Å². The van der Waals surface area contributed by atoms with Crippen LogP contribution in [0.3, 0.4) is 0 Å². The number of carbonyl (C=O) groups excluding carboxylic acids is 5. The zero-order valence-electron chi connectivity index (χ0n) is 21.6. The Morgan fingerprint density at radius 2 is 1.58 bits per heavy atom. The third-order valence-corrected chi connectivity index (χ3v) is 8.41. The summed E-state index contributed by atoms with van der Waals surface area (Å²) in [6.07, 6.45) is 2.68. The van der Waals surface area contributed by atoms with Gasteiger partial charge >= 0.3 is 5.97 Å². The fourth-order valence-electron chi connectivity index (χ4n) is 3.76. The first-order valence-electron chi connectivity index (χ1n) is 12.4. The third kappa shape index (κ3) is 9.02. The van der Waals surface area contributed by atoms with Crippen LogP contribution in [0.15, 0.2) is 11.8 Å². The Balaban J connectivity index is 2.52. The summed E-state index contributed by atoms with van der Waals surface area (Å²) in [6, 6.07) is -2.79. The molecule has 4 N–H and O–H groups in total. The van der Waals surface area contributed by atoms with Gasteiger partial charge in [-0.05, 0) is 38.0 Å². The molecule has 2 heterocycles. The van der Waals surface area contributed by atoms with Crippen molar-refractivity contribution in [3.8, 4) is 0 Å². The molecule has 0 aromatic rings. The van der Waals surface area contributed by atoms with Crippen LogP contribution in [0.1, 0.15) is 60.3 Å². The van der Waals surface area contributed by atoms with Crippen LogP contribution < -0.4 is 21.3 Å². The van der Waals surface area contributed by atoms with E-state index in [2.05, 4.69) is 21.3 Å². The SMILES string of the molecule is CC=C1NC(=O)[C@H]2CSSCCCC[C@H](CC(=O)N[C@H](C(C)C)C(=O)N2)OC(=O)[C@H](C(C)C)NC1=O. The Morgan fingerprint density at radius 1 is 0.889 bits per heavy atom. The lowest BCUT2D eigenvalue weighted by molar-refractivity contribution is -0.156. The number of amides is 4. The molecule has 4 atom stereocenters. The molecule has 202 valence electrons. The van der Waals surface area contributed by atoms with Gasteiger partial charge in [0.05, 0.1) is 6.42 Å². The molecule has 0 aromatic carbocycles. The second-order valence-electron chi connectivity index (χ2n) is 9.60. The largest absolute Gasteiger partial charge is 0.460 e. The third-order valence-electron chi connectivity index (χ3n) is 5.91. The normalized spacial score (nSPS) is 29.2. The molecular formula is C24H38N4O6S2. The molecule has 10 nitrogen and oxygen atoms in total. The predicted octanol–water partition coefficient (Wildman–Crippen LogP) is 1.65. The van der Waals surface area contributed by atoms with Crippen molar-refractivity contribution in [2.45, 2.75) is 84.5 Å². The van der Waals surface area contributed by atoms with E-state index in [0.717, 1.165) is 18.6 Å². The molecule has 2 fully saturated rings. The maximum Gasteiger partial charge on any atom is 0.329 e. The van der Waals surface area contributed by atoms with Crippen LogP contribution in [0.2, 0.25) is 0 Å². The van der Waals surface area contributed by atoms with Gasteiger partial charge in [0, 0.05) is 11.5 Å². The van der Waals surface area contributed by atoms with Gasteiger partial charge < -0.3 is 26.0 Å². The highest BCUT2D eigenvalue weighted by molar-refractivity contribution is 8.76. The molecule has 2 saturated heterocycles. The fourth-order valence-corrected chi connectivity index (χ4v) is 6.07. The minimum atomic E-state index is -0.969. The van der Waals surface area contributed by atoms with Gasteiger partial charge in [-0.25, -0.2) is 4.79 Å². The summed E-state index contributed by atoms with van der Waals surface area (Å²) in [5.41, 5.74) is -0.0305. The summed E-state index contributed by atoms with van der Waals surface area (Å²) >= 11 is 0. The van der Waals surface area contributed by atoms with Crippen molar-refractivity contribution in [1.82, 2.24) is 21.3 Å². The van der Waals surface area contributed by atoms with Crippen LogP contribution in [-0.2, 0) is 28.7 Å². The van der Waals surface area contributed by atoms with E-state index >= 15 is 0 Å². The van der Waals surface area contributed by atoms with Gasteiger partial charge in [-0.15, -0.1) is 0 Å². The lowest BCUT2D eigenvalue weighted by atomic mass is 10.0. The number of nitrogens with one attached hydrogen (secondary N) is 4. The molecule has 0 unspecified atom stereocenters. The van der Waals surface area contributed by atoms with E-state index in [0.29, 0.717) is 6.42 Å². The molecule has 0 saturated carbocycles. The van der Waals surface area contributed by atoms with Crippen molar-refractivity contribution in [2.75, 3.05) is 11.5 Å². The summed E-state index contributed by atoms with van der Waals surface area (Å²) in [6.45, 7) is 8.73. The topological polar surface area (TPSA) is 143 Å². The molecule has 0 aliphatic carbocycles. The van der Waals surface area contributed by atoms with Gasteiger partial charge in [0.15, 0.2) is 0 Å². The standard InChI is InChI=1S/C24H38N4O6S2/c1-6-16-21(30)28-20(14(4)5)24(33)34-15-9-7-8-10-35-36-12-17(22(31)25-16)26-23(32)19(13(2)3)27-18(29)11-15/h6,13-15,17,19-20H,7-12H2,1-5H3,(H,25,31)(H,26,32)(H,27,29)(H,28,30)/t15-,17-,19-,20+/m1/s1. The van der Waals surface area contributed by atoms with Crippen LogP contribution in [0, 0.1) is 11.8 Å². The Labute approximate surface area is 220 Å². The average molecular weight is 543 g/mol. The first kappa shape index (κ1) is 30.0. The fraction of sp³-hybridized carbons (Fsp3) is 0.708. The van der Waals surface area contributed by atoms with Gasteiger partial charge in [-0.3, -0.25) is 19.2 Å². The molecule has 36 heavy (non-hydrogen) atoms. The molecule has 4 amide bonds. The minimum absolute atomic E-state index is 0.0305. The highest BCUT2D eigenvalue weighted by atomic mass is 33.1. The number of carbonyl (C=O) groups is 5. The first-order valence-corrected chi connectivity index (χ1v) is 14.8. The summed E-state index contributed by atoms with van der Waals surface area (Å²) in [7, 11) is 3.03. The van der Waals surface area contributed by atoms with Gasteiger partial charge in [0.1, 0.15) is 29.9 Å². The Bertz CT molecular complexity index is 864. The Hall–Kier alpha value is -2.21. The minimum Gasteiger partial charge on any atom is -0.460 e. The van der Waals surface area contributed by atoms with E-state index in [9.17, 15) is 24.0 Å². The van der Waals surface area contributed by atoms with Crippen molar-refractivity contribution in [1.29, 1.82) is 0 Å². The van der Waals surface area contributed by atoms with Gasteiger partial charge in [0.2, 0.25) is 17.7 Å². The number of rotatable bonds is 2. The van der Waals surface area contributed by atoms with Crippen LogP contribution >= 0.6 is 21.6 Å². The zero-order chi connectivity index (χ0) is 26.8. The molecule has 2 aliphatic heterocycles. The summed E-state index contributed by atoms with van der Waals surface area (Å²) in [5, 5.41) is 10.8. The molecule has 0 spiro atoms. The van der Waals surface area contributed by atoms with Crippen molar-refractivity contribution >= 4 is 51.2 Å². The average Bonchev–Trinajstić information content (AvgIpc) is 2.81. The first-order chi connectivity index (χ1) is 17.0. The monoisotopic (exact) mass is 542 g/mol. The maximum atomic E-state index is 13.2. The quantitative estimate of drug-likeness (QED) is 0.234. The van der Waals surface area contributed by atoms with Crippen molar-refractivity contribution < 1.29 is 28.7 Å². The van der Waals surface area contributed by atoms with Crippen molar-refractivity contribution in [3.63, 3.8) is 0 Å². The number of esters is 1. The van der Waals surface area contributed by atoms with Crippen LogP contribution in [0.25, 0.3) is 0 Å². The second-order valence-corrected chi connectivity index (χ2v) is 12.2. The van der Waals surface area contributed by atoms with Gasteiger partial charge in [-0.2, -0.15) is 0 Å². The Morgan fingerprint density at radius 3 is 2.22 bits per heavy atom. The number of allylic oxidation sites excluding steroid dienone is 1. The van der Waals surface area contributed by atoms with Gasteiger partial charge in [-0.1, -0.05) is 55.4 Å². The van der Waals surface area contributed by atoms with Gasteiger partial charge in [0.25, 0.3) is 5.91 Å². The number of hydrogen-bond acceptors (Lipinski definition) is 8. The number of hydrogen-bond donors (Lipinski definition) is 4.